The van der Waals surface area contributed by atoms with Gasteiger partial charge in [0.05, 0.1) is 14.2 Å². The molecular weight excluding hydrogens is 344 g/mol. The maximum absolute atomic E-state index is 12.2. The van der Waals surface area contributed by atoms with Gasteiger partial charge >= 0.3 is 11.9 Å². The van der Waals surface area contributed by atoms with E-state index >= 15 is 0 Å². The molecule has 0 fully saturated rings. The fourth-order valence-electron chi connectivity index (χ4n) is 2.58. The van der Waals surface area contributed by atoms with Gasteiger partial charge in [0.2, 0.25) is 0 Å². The van der Waals surface area contributed by atoms with Gasteiger partial charge in [0.1, 0.15) is 0 Å². The summed E-state index contributed by atoms with van der Waals surface area (Å²) in [5.41, 5.74) is 0.622. The van der Waals surface area contributed by atoms with Crippen molar-refractivity contribution in [2.45, 2.75) is 12.0 Å². The van der Waals surface area contributed by atoms with Crippen LogP contribution in [-0.4, -0.2) is 31.3 Å². The average molecular weight is 366 g/mol. The second kappa shape index (κ2) is 9.50. The van der Waals surface area contributed by atoms with E-state index in [-0.39, 0.29) is 6.42 Å². The summed E-state index contributed by atoms with van der Waals surface area (Å²) in [5.74, 6) is -1.24. The molecule has 0 aromatic heterocycles. The first kappa shape index (κ1) is 20.1. The standard InChI is InChI=1S/C22H22O5/c1-26-20(23)11-7-4-8-16-22(25,21(24)27-2)19-14-12-18(13-15-19)17-9-5-3-6-10-17/h3-15,25H,16H2,1-2H3/b8-4+,11-7+/t22-/m1/s1. The van der Waals surface area contributed by atoms with Crippen LogP contribution in [0.1, 0.15) is 12.0 Å². The highest BCUT2D eigenvalue weighted by molar-refractivity contribution is 5.82. The Morgan fingerprint density at radius 2 is 1.56 bits per heavy atom. The number of carbonyl (C=O) groups excluding carboxylic acids is 2. The van der Waals surface area contributed by atoms with Crippen LogP contribution in [0.3, 0.4) is 0 Å². The van der Waals surface area contributed by atoms with E-state index < -0.39 is 17.5 Å². The van der Waals surface area contributed by atoms with Gasteiger partial charge in [-0.15, -0.1) is 0 Å². The number of benzene rings is 2. The summed E-state index contributed by atoms with van der Waals surface area (Å²) in [7, 11) is 2.51. The van der Waals surface area contributed by atoms with Gasteiger partial charge in [0, 0.05) is 12.5 Å². The van der Waals surface area contributed by atoms with E-state index in [1.807, 2.05) is 42.5 Å². The SMILES string of the molecule is COC(=O)/C=C/C=C/C[C@](O)(C(=O)OC)c1ccc(-c2ccccc2)cc1. The monoisotopic (exact) mass is 366 g/mol. The molecule has 2 aromatic carbocycles. The van der Waals surface area contributed by atoms with Crippen molar-refractivity contribution < 1.29 is 24.2 Å². The van der Waals surface area contributed by atoms with Gasteiger partial charge in [-0.3, -0.25) is 0 Å². The normalized spacial score (nSPS) is 13.4. The summed E-state index contributed by atoms with van der Waals surface area (Å²) in [4.78, 5) is 23.2. The van der Waals surface area contributed by atoms with Crippen LogP contribution >= 0.6 is 0 Å². The van der Waals surface area contributed by atoms with E-state index in [1.54, 1.807) is 24.3 Å². The quantitative estimate of drug-likeness (QED) is 0.462. The predicted molar refractivity (Wildman–Crippen MR) is 103 cm³/mol. The van der Waals surface area contributed by atoms with Gasteiger partial charge in [0.15, 0.2) is 5.60 Å². The molecule has 1 N–H and O–H groups in total. The van der Waals surface area contributed by atoms with Crippen molar-refractivity contribution in [3.63, 3.8) is 0 Å². The van der Waals surface area contributed by atoms with Crippen LogP contribution in [0.25, 0.3) is 11.1 Å². The van der Waals surface area contributed by atoms with E-state index in [0.29, 0.717) is 5.56 Å². The molecule has 27 heavy (non-hydrogen) atoms. The maximum Gasteiger partial charge on any atom is 0.342 e. The topological polar surface area (TPSA) is 72.8 Å². The van der Waals surface area contributed by atoms with Gasteiger partial charge in [0.25, 0.3) is 0 Å². The fraction of sp³-hybridized carbons (Fsp3) is 0.182. The minimum absolute atomic E-state index is 0.00410. The molecule has 0 aliphatic heterocycles. The number of aliphatic hydroxyl groups is 1. The lowest BCUT2D eigenvalue weighted by molar-refractivity contribution is -0.163. The van der Waals surface area contributed by atoms with Crippen molar-refractivity contribution >= 4 is 11.9 Å². The van der Waals surface area contributed by atoms with Crippen LogP contribution in [-0.2, 0) is 24.7 Å². The summed E-state index contributed by atoms with van der Waals surface area (Å²) >= 11 is 0. The van der Waals surface area contributed by atoms with Crippen LogP contribution in [0, 0.1) is 0 Å². The number of esters is 2. The first-order valence-corrected chi connectivity index (χ1v) is 8.39. The lowest BCUT2D eigenvalue weighted by atomic mass is 9.89. The Labute approximate surface area is 158 Å². The molecular formula is C22H22O5. The van der Waals surface area contributed by atoms with Crippen LogP contribution in [0.5, 0.6) is 0 Å². The van der Waals surface area contributed by atoms with Gasteiger partial charge in [-0.05, 0) is 16.7 Å². The van der Waals surface area contributed by atoms with Crippen molar-refractivity contribution in [2.75, 3.05) is 14.2 Å². The third kappa shape index (κ3) is 5.15. The molecule has 0 heterocycles. The molecule has 2 aromatic rings. The maximum atomic E-state index is 12.2. The highest BCUT2D eigenvalue weighted by atomic mass is 16.5. The summed E-state index contributed by atoms with van der Waals surface area (Å²) in [5, 5.41) is 10.9. The number of carbonyl (C=O) groups is 2. The zero-order chi connectivity index (χ0) is 19.7. The van der Waals surface area contributed by atoms with E-state index in [4.69, 9.17) is 4.74 Å². The Bertz CT molecular complexity index is 822. The molecule has 0 spiro atoms. The van der Waals surface area contributed by atoms with Gasteiger partial charge in [-0.25, -0.2) is 9.59 Å². The Hall–Kier alpha value is -3.18. The van der Waals surface area contributed by atoms with Crippen molar-refractivity contribution in [1.29, 1.82) is 0 Å². The van der Waals surface area contributed by atoms with E-state index in [0.717, 1.165) is 11.1 Å². The summed E-state index contributed by atoms with van der Waals surface area (Å²) in [6.07, 6.45) is 5.85. The molecule has 2 rings (SSSR count). The average Bonchev–Trinajstić information content (AvgIpc) is 2.73. The number of hydrogen-bond acceptors (Lipinski definition) is 5. The largest absolute Gasteiger partial charge is 0.467 e. The lowest BCUT2D eigenvalue weighted by Crippen LogP contribution is -2.36. The van der Waals surface area contributed by atoms with Crippen molar-refractivity contribution in [3.05, 3.63) is 84.5 Å². The van der Waals surface area contributed by atoms with Crippen LogP contribution in [0.4, 0.5) is 0 Å². The summed E-state index contributed by atoms with van der Waals surface area (Å²) < 4.78 is 9.27. The van der Waals surface area contributed by atoms with E-state index in [1.165, 1.54) is 26.4 Å². The van der Waals surface area contributed by atoms with Crippen LogP contribution in [0.15, 0.2) is 78.9 Å². The number of hydrogen-bond donors (Lipinski definition) is 1. The summed E-state index contributed by atoms with van der Waals surface area (Å²) in [6, 6.07) is 16.9. The fourth-order valence-corrected chi connectivity index (χ4v) is 2.58. The molecule has 1 atom stereocenters. The molecule has 0 unspecified atom stereocenters. The molecule has 140 valence electrons. The van der Waals surface area contributed by atoms with Gasteiger partial charge in [-0.1, -0.05) is 72.8 Å². The van der Waals surface area contributed by atoms with E-state index in [9.17, 15) is 14.7 Å². The van der Waals surface area contributed by atoms with Crippen LogP contribution in [0.2, 0.25) is 0 Å². The Morgan fingerprint density at radius 1 is 0.926 bits per heavy atom. The molecule has 0 saturated heterocycles. The first-order chi connectivity index (χ1) is 13.0. The third-order valence-electron chi connectivity index (χ3n) is 4.09. The van der Waals surface area contributed by atoms with E-state index in [2.05, 4.69) is 4.74 Å². The Balaban J connectivity index is 2.22. The minimum atomic E-state index is -1.82. The molecule has 0 radical (unpaired) electrons. The van der Waals surface area contributed by atoms with Crippen molar-refractivity contribution in [3.8, 4) is 11.1 Å². The highest BCUT2D eigenvalue weighted by Crippen LogP contribution is 2.29. The van der Waals surface area contributed by atoms with Gasteiger partial charge in [-0.2, -0.15) is 0 Å². The van der Waals surface area contributed by atoms with Crippen molar-refractivity contribution in [2.24, 2.45) is 0 Å². The molecule has 0 amide bonds. The first-order valence-electron chi connectivity index (χ1n) is 8.39. The highest BCUT2D eigenvalue weighted by Gasteiger charge is 2.38. The Kier molecular flexibility index (Phi) is 7.08. The molecule has 5 heteroatoms. The predicted octanol–water partition coefficient (Wildman–Crippen LogP) is 3.39. The van der Waals surface area contributed by atoms with Gasteiger partial charge < -0.3 is 14.6 Å². The number of ether oxygens (including phenoxy) is 2. The number of methoxy groups -OCH3 is 2. The summed E-state index contributed by atoms with van der Waals surface area (Å²) in [6.45, 7) is 0. The van der Waals surface area contributed by atoms with Crippen molar-refractivity contribution in [1.82, 2.24) is 0 Å². The second-order valence-electron chi connectivity index (χ2n) is 5.81. The molecule has 0 saturated carbocycles. The number of rotatable bonds is 7. The molecule has 0 aliphatic rings. The zero-order valence-corrected chi connectivity index (χ0v) is 15.3. The Morgan fingerprint density at radius 3 is 2.15 bits per heavy atom. The van der Waals surface area contributed by atoms with Crippen LogP contribution < -0.4 is 0 Å². The molecule has 5 nitrogen and oxygen atoms in total. The molecule has 0 aliphatic carbocycles. The molecule has 0 bridgehead atoms. The second-order valence-corrected chi connectivity index (χ2v) is 5.81. The lowest BCUT2D eigenvalue weighted by Gasteiger charge is -2.24. The minimum Gasteiger partial charge on any atom is -0.467 e. The number of allylic oxidation sites excluding steroid dienone is 2. The third-order valence-corrected chi connectivity index (χ3v) is 4.09. The smallest absolute Gasteiger partial charge is 0.342 e. The zero-order valence-electron chi connectivity index (χ0n) is 15.3.